The molecule has 0 radical (unpaired) electrons. The van der Waals surface area contributed by atoms with Crippen LogP contribution in [0.1, 0.15) is 0 Å². The van der Waals surface area contributed by atoms with Gasteiger partial charge in [0.25, 0.3) is 0 Å². The number of fused-ring (bicyclic) bond motifs is 1. The van der Waals surface area contributed by atoms with Gasteiger partial charge in [0.05, 0.1) is 0 Å². The van der Waals surface area contributed by atoms with E-state index in [9.17, 15) is 22.4 Å². The Morgan fingerprint density at radius 3 is 2.24 bits per heavy atom. The van der Waals surface area contributed by atoms with E-state index in [1.807, 2.05) is 0 Å². The fourth-order valence-corrected chi connectivity index (χ4v) is 1.22. The number of ether oxygens (including phenoxy) is 2. The number of hydrogen-bond donors (Lipinski definition) is 1. The summed E-state index contributed by atoms with van der Waals surface area (Å²) >= 11 is 0. The van der Waals surface area contributed by atoms with Crippen molar-refractivity contribution in [2.75, 3.05) is 5.32 Å². The lowest BCUT2D eigenvalue weighted by Crippen LogP contribution is -2.52. The highest BCUT2D eigenvalue weighted by Gasteiger charge is 2.65. The predicted molar refractivity (Wildman–Crippen MR) is 47.3 cm³/mol. The van der Waals surface area contributed by atoms with Crippen molar-refractivity contribution >= 4 is 12.1 Å². The maximum atomic E-state index is 12.8. The molecule has 0 spiro atoms. The second-order valence-electron chi connectivity index (χ2n) is 3.16. The average Bonchev–Trinajstić information content (AvgIpc) is 2.20. The molecule has 0 atom stereocenters. The van der Waals surface area contributed by atoms with Crippen molar-refractivity contribution in [2.45, 2.75) is 12.2 Å². The number of anilines is 1. The lowest BCUT2D eigenvalue weighted by Gasteiger charge is -2.31. The van der Waals surface area contributed by atoms with Gasteiger partial charge in [-0.25, -0.2) is 0 Å². The Morgan fingerprint density at radius 1 is 1.06 bits per heavy atom. The number of nitrogens with one attached hydrogen (secondary N) is 1. The summed E-state index contributed by atoms with van der Waals surface area (Å²) in [6.07, 6.45) is -9.20. The molecule has 1 aliphatic rings. The van der Waals surface area contributed by atoms with Crippen molar-refractivity contribution in [1.82, 2.24) is 0 Å². The smallest absolute Gasteiger partial charge is 0.421 e. The molecule has 92 valence electrons. The zero-order valence-corrected chi connectivity index (χ0v) is 8.05. The van der Waals surface area contributed by atoms with Crippen molar-refractivity contribution < 1.29 is 31.8 Å². The van der Waals surface area contributed by atoms with Crippen LogP contribution in [0.25, 0.3) is 0 Å². The van der Waals surface area contributed by atoms with Crippen LogP contribution in [0, 0.1) is 0 Å². The number of benzene rings is 1. The number of rotatable bonds is 2. The van der Waals surface area contributed by atoms with Crippen LogP contribution >= 0.6 is 0 Å². The number of amides is 1. The molecular formula is C9H5F4NO3. The SMILES string of the molecule is O=CNc1ccc2c(c1)OC(F)(F)C(F)(F)O2. The maximum absolute atomic E-state index is 12.8. The molecule has 1 aliphatic heterocycles. The van der Waals surface area contributed by atoms with Gasteiger partial charge in [0.1, 0.15) is 0 Å². The maximum Gasteiger partial charge on any atom is 0.507 e. The summed E-state index contributed by atoms with van der Waals surface area (Å²) in [7, 11) is 0. The summed E-state index contributed by atoms with van der Waals surface area (Å²) in [5.41, 5.74) is 0.114. The van der Waals surface area contributed by atoms with Gasteiger partial charge in [-0.05, 0) is 12.1 Å². The summed E-state index contributed by atoms with van der Waals surface area (Å²) in [4.78, 5) is 10.1. The van der Waals surface area contributed by atoms with Gasteiger partial charge in [-0.2, -0.15) is 17.6 Å². The monoisotopic (exact) mass is 251 g/mol. The zero-order valence-electron chi connectivity index (χ0n) is 8.05. The van der Waals surface area contributed by atoms with E-state index in [0.717, 1.165) is 12.1 Å². The quantitative estimate of drug-likeness (QED) is 0.647. The molecule has 1 aromatic rings. The minimum atomic E-state index is -4.76. The van der Waals surface area contributed by atoms with Crippen LogP contribution in [-0.2, 0) is 4.79 Å². The largest absolute Gasteiger partial charge is 0.507 e. The van der Waals surface area contributed by atoms with Crippen molar-refractivity contribution in [2.24, 2.45) is 0 Å². The molecule has 8 heteroatoms. The molecule has 0 saturated heterocycles. The highest BCUT2D eigenvalue weighted by molar-refractivity contribution is 5.72. The van der Waals surface area contributed by atoms with Gasteiger partial charge in [-0.1, -0.05) is 0 Å². The third-order valence-electron chi connectivity index (χ3n) is 1.98. The van der Waals surface area contributed by atoms with Gasteiger partial charge in [0.15, 0.2) is 11.5 Å². The van der Waals surface area contributed by atoms with E-state index in [4.69, 9.17) is 0 Å². The van der Waals surface area contributed by atoms with Crippen LogP contribution in [0.15, 0.2) is 18.2 Å². The molecule has 0 unspecified atom stereocenters. The van der Waals surface area contributed by atoms with Crippen molar-refractivity contribution in [3.8, 4) is 11.5 Å². The molecule has 17 heavy (non-hydrogen) atoms. The lowest BCUT2D eigenvalue weighted by molar-refractivity contribution is -0.391. The van der Waals surface area contributed by atoms with E-state index in [1.54, 1.807) is 0 Å². The Bertz CT molecular complexity index is 464. The van der Waals surface area contributed by atoms with Gasteiger partial charge >= 0.3 is 12.2 Å². The van der Waals surface area contributed by atoms with E-state index in [1.165, 1.54) is 6.07 Å². The van der Waals surface area contributed by atoms with Crippen molar-refractivity contribution in [1.29, 1.82) is 0 Å². The summed E-state index contributed by atoms with van der Waals surface area (Å²) in [5, 5.41) is 2.16. The van der Waals surface area contributed by atoms with Crippen LogP contribution in [0.4, 0.5) is 23.2 Å². The number of carbonyl (C=O) groups excluding carboxylic acids is 1. The first-order valence-electron chi connectivity index (χ1n) is 4.33. The van der Waals surface area contributed by atoms with E-state index in [-0.39, 0.29) is 5.69 Å². The zero-order chi connectivity index (χ0) is 12.7. The highest BCUT2D eigenvalue weighted by Crippen LogP contribution is 2.47. The van der Waals surface area contributed by atoms with Crippen molar-refractivity contribution in [3.63, 3.8) is 0 Å². The normalized spacial score (nSPS) is 19.5. The van der Waals surface area contributed by atoms with E-state index in [0.29, 0.717) is 6.41 Å². The molecule has 0 aliphatic carbocycles. The molecule has 1 aromatic carbocycles. The molecule has 0 aromatic heterocycles. The molecule has 4 nitrogen and oxygen atoms in total. The number of alkyl halides is 4. The minimum Gasteiger partial charge on any atom is -0.421 e. The summed E-state index contributed by atoms with van der Waals surface area (Å²) < 4.78 is 58.8. The van der Waals surface area contributed by atoms with E-state index in [2.05, 4.69) is 14.8 Å². The van der Waals surface area contributed by atoms with Crippen LogP contribution in [-0.4, -0.2) is 18.6 Å². The first-order chi connectivity index (χ1) is 7.86. The standard InChI is InChI=1S/C9H5F4NO3/c10-8(11)9(12,13)17-7-3-5(14-4-15)1-2-6(7)16-8/h1-4H,(H,14,15). The van der Waals surface area contributed by atoms with Gasteiger partial charge in [0.2, 0.25) is 6.41 Å². The molecule has 0 bridgehead atoms. The molecule has 0 saturated carbocycles. The first-order valence-corrected chi connectivity index (χ1v) is 4.33. The molecule has 1 heterocycles. The third kappa shape index (κ3) is 1.85. The topological polar surface area (TPSA) is 47.6 Å². The Kier molecular flexibility index (Phi) is 2.37. The predicted octanol–water partition coefficient (Wildman–Crippen LogP) is 2.21. The van der Waals surface area contributed by atoms with Crippen LogP contribution in [0.2, 0.25) is 0 Å². The lowest BCUT2D eigenvalue weighted by atomic mass is 10.2. The first kappa shape index (κ1) is 11.5. The number of halogens is 4. The number of carbonyl (C=O) groups is 1. The Morgan fingerprint density at radius 2 is 1.65 bits per heavy atom. The third-order valence-corrected chi connectivity index (χ3v) is 1.98. The Labute approximate surface area is 92.1 Å². The molecule has 0 fully saturated rings. The molecular weight excluding hydrogens is 246 g/mol. The Balaban J connectivity index is 2.39. The molecule has 1 N–H and O–H groups in total. The second-order valence-corrected chi connectivity index (χ2v) is 3.16. The van der Waals surface area contributed by atoms with E-state index < -0.39 is 23.7 Å². The Hall–Kier alpha value is -1.99. The van der Waals surface area contributed by atoms with Crippen LogP contribution in [0.3, 0.4) is 0 Å². The summed E-state index contributed by atoms with van der Waals surface area (Å²) in [6, 6.07) is 3.15. The van der Waals surface area contributed by atoms with Gasteiger partial charge in [-0.15, -0.1) is 0 Å². The van der Waals surface area contributed by atoms with Gasteiger partial charge in [0, 0.05) is 11.8 Å². The van der Waals surface area contributed by atoms with Crippen LogP contribution < -0.4 is 14.8 Å². The van der Waals surface area contributed by atoms with E-state index >= 15 is 0 Å². The molecule has 2 rings (SSSR count). The average molecular weight is 251 g/mol. The summed E-state index contributed by atoms with van der Waals surface area (Å²) in [6.45, 7) is 0. The fourth-order valence-electron chi connectivity index (χ4n) is 1.22. The fraction of sp³-hybridized carbons (Fsp3) is 0.222. The second kappa shape index (κ2) is 3.51. The minimum absolute atomic E-state index is 0.114. The van der Waals surface area contributed by atoms with Crippen molar-refractivity contribution in [3.05, 3.63) is 18.2 Å². The highest BCUT2D eigenvalue weighted by atomic mass is 19.3. The summed E-state index contributed by atoms with van der Waals surface area (Å²) in [5.74, 6) is -1.11. The van der Waals surface area contributed by atoms with Gasteiger partial charge in [-0.3, -0.25) is 4.79 Å². The van der Waals surface area contributed by atoms with Gasteiger partial charge < -0.3 is 14.8 Å². The van der Waals surface area contributed by atoms with Crippen LogP contribution in [0.5, 0.6) is 11.5 Å². The number of hydrogen-bond acceptors (Lipinski definition) is 3. The molecule has 1 amide bonds.